The molecule has 148 valence electrons. The number of hydrogen-bond donors (Lipinski definition) is 2. The molecule has 0 radical (unpaired) electrons. The Hall–Kier alpha value is -2.11. The van der Waals surface area contributed by atoms with Gasteiger partial charge >= 0.3 is 0 Å². The fraction of sp³-hybridized carbons (Fsp3) is 0.333. The zero-order valence-electron chi connectivity index (χ0n) is 15.7. The van der Waals surface area contributed by atoms with Crippen LogP contribution in [0, 0.1) is 0 Å². The first-order chi connectivity index (χ1) is 13.7. The highest BCUT2D eigenvalue weighted by Crippen LogP contribution is 2.23. The van der Waals surface area contributed by atoms with Crippen molar-refractivity contribution in [3.8, 4) is 5.75 Å². The number of nitrogens with one attached hydrogen (secondary N) is 1. The van der Waals surface area contributed by atoms with Crippen molar-refractivity contribution in [3.05, 3.63) is 59.8 Å². The number of aromatic nitrogens is 1. The van der Waals surface area contributed by atoms with Crippen LogP contribution in [0.5, 0.6) is 5.75 Å². The fourth-order valence-corrected chi connectivity index (χ4v) is 4.06. The molecule has 0 bridgehead atoms. The van der Waals surface area contributed by atoms with Gasteiger partial charge in [0.15, 0.2) is 0 Å². The van der Waals surface area contributed by atoms with Crippen molar-refractivity contribution < 1.29 is 18.9 Å². The van der Waals surface area contributed by atoms with Gasteiger partial charge in [-0.1, -0.05) is 12.1 Å². The summed E-state index contributed by atoms with van der Waals surface area (Å²) in [5.41, 5.74) is 3.14. The molecule has 3 aromatic rings. The van der Waals surface area contributed by atoms with Gasteiger partial charge in [-0.05, 0) is 42.0 Å². The number of aromatic amines is 1. The summed E-state index contributed by atoms with van der Waals surface area (Å²) in [6.07, 6.45) is 0.685. The molecule has 1 aliphatic heterocycles. The Morgan fingerprint density at radius 3 is 2.82 bits per heavy atom. The minimum atomic E-state index is -2.66. The van der Waals surface area contributed by atoms with Gasteiger partial charge < -0.3 is 19.4 Å². The highest BCUT2D eigenvalue weighted by atomic mass is 31.1. The van der Waals surface area contributed by atoms with Gasteiger partial charge in [-0.15, -0.1) is 0 Å². The first kappa shape index (κ1) is 19.2. The maximum Gasteiger partial charge on any atom is 0.218 e. The molecule has 1 unspecified atom stereocenters. The van der Waals surface area contributed by atoms with Crippen molar-refractivity contribution in [2.75, 3.05) is 39.5 Å². The Kier molecular flexibility index (Phi) is 6.13. The van der Waals surface area contributed by atoms with Crippen LogP contribution in [0.15, 0.2) is 48.5 Å². The molecule has 1 aliphatic rings. The van der Waals surface area contributed by atoms with Crippen LogP contribution >= 0.6 is 8.03 Å². The number of nitrogens with zero attached hydrogens (tertiary/aromatic N) is 1. The summed E-state index contributed by atoms with van der Waals surface area (Å²) < 4.78 is 22.6. The van der Waals surface area contributed by atoms with E-state index in [2.05, 4.69) is 22.0 Å². The minimum absolute atomic E-state index is 0.495. The van der Waals surface area contributed by atoms with E-state index in [9.17, 15) is 9.46 Å². The second kappa shape index (κ2) is 8.93. The van der Waals surface area contributed by atoms with Gasteiger partial charge in [-0.25, -0.2) is 0 Å². The lowest BCUT2D eigenvalue weighted by Gasteiger charge is -2.26. The standard InChI is InChI=1S/C21H25N2O4P/c24-28(25)20-3-1-2-16(13-20)12-18-14-17-15-19(4-5-21(17)22-18)27-11-8-23-6-9-26-10-7-23/h1-5,13-15,22,28H,6-12H2,(H,24,25). The average Bonchev–Trinajstić information content (AvgIpc) is 3.10. The predicted molar refractivity (Wildman–Crippen MR) is 111 cm³/mol. The van der Waals surface area contributed by atoms with Gasteiger partial charge in [-0.3, -0.25) is 9.46 Å². The van der Waals surface area contributed by atoms with Crippen molar-refractivity contribution in [2.45, 2.75) is 6.42 Å². The van der Waals surface area contributed by atoms with Crippen LogP contribution in [0.1, 0.15) is 11.3 Å². The molecule has 2 aromatic carbocycles. The van der Waals surface area contributed by atoms with Gasteiger partial charge in [0.25, 0.3) is 0 Å². The second-order valence-electron chi connectivity index (χ2n) is 7.03. The smallest absolute Gasteiger partial charge is 0.218 e. The maximum atomic E-state index is 11.3. The Morgan fingerprint density at radius 1 is 1.14 bits per heavy atom. The second-order valence-corrected chi connectivity index (χ2v) is 8.22. The molecule has 2 N–H and O–H groups in total. The third kappa shape index (κ3) is 4.83. The number of H-pyrrole nitrogens is 1. The van der Waals surface area contributed by atoms with E-state index in [1.54, 1.807) is 12.1 Å². The van der Waals surface area contributed by atoms with E-state index < -0.39 is 8.03 Å². The van der Waals surface area contributed by atoms with Crippen molar-refractivity contribution in [1.82, 2.24) is 9.88 Å². The van der Waals surface area contributed by atoms with E-state index in [1.807, 2.05) is 24.3 Å². The third-order valence-corrected chi connectivity index (χ3v) is 5.80. The molecule has 6 nitrogen and oxygen atoms in total. The molecule has 7 heteroatoms. The van der Waals surface area contributed by atoms with E-state index in [4.69, 9.17) is 9.47 Å². The van der Waals surface area contributed by atoms with E-state index in [-0.39, 0.29) is 0 Å². The zero-order valence-corrected chi connectivity index (χ0v) is 16.7. The molecule has 0 amide bonds. The number of benzene rings is 2. The van der Waals surface area contributed by atoms with E-state index in [0.29, 0.717) is 18.3 Å². The summed E-state index contributed by atoms with van der Waals surface area (Å²) in [6.45, 7) is 5.11. The molecular weight excluding hydrogens is 375 g/mol. The lowest BCUT2D eigenvalue weighted by Crippen LogP contribution is -2.38. The van der Waals surface area contributed by atoms with Crippen LogP contribution in [-0.4, -0.2) is 54.2 Å². The largest absolute Gasteiger partial charge is 0.492 e. The van der Waals surface area contributed by atoms with E-state index >= 15 is 0 Å². The molecule has 2 heterocycles. The summed E-state index contributed by atoms with van der Waals surface area (Å²) in [4.78, 5) is 15.1. The van der Waals surface area contributed by atoms with Crippen molar-refractivity contribution in [1.29, 1.82) is 0 Å². The lowest BCUT2D eigenvalue weighted by molar-refractivity contribution is 0.0322. The first-order valence-corrected chi connectivity index (χ1v) is 10.9. The topological polar surface area (TPSA) is 74.8 Å². The van der Waals surface area contributed by atoms with Gasteiger partial charge in [0.1, 0.15) is 12.4 Å². The van der Waals surface area contributed by atoms with Gasteiger partial charge in [0.05, 0.1) is 13.2 Å². The highest BCUT2D eigenvalue weighted by Gasteiger charge is 2.10. The maximum absolute atomic E-state index is 11.3. The number of rotatable bonds is 7. The van der Waals surface area contributed by atoms with Crippen LogP contribution in [0.2, 0.25) is 0 Å². The summed E-state index contributed by atoms with van der Waals surface area (Å²) in [7, 11) is -2.66. The lowest BCUT2D eigenvalue weighted by atomic mass is 10.1. The van der Waals surface area contributed by atoms with Crippen LogP contribution in [0.4, 0.5) is 0 Å². The number of morpholine rings is 1. The average molecular weight is 400 g/mol. The Bertz CT molecular complexity index is 966. The quantitative estimate of drug-likeness (QED) is 0.597. The van der Waals surface area contributed by atoms with E-state index in [0.717, 1.165) is 60.8 Å². The summed E-state index contributed by atoms with van der Waals surface area (Å²) >= 11 is 0. The van der Waals surface area contributed by atoms with Crippen molar-refractivity contribution in [3.63, 3.8) is 0 Å². The number of hydrogen-bond acceptors (Lipinski definition) is 4. The fourth-order valence-electron chi connectivity index (χ4n) is 3.51. The molecule has 1 atom stereocenters. The minimum Gasteiger partial charge on any atom is -0.492 e. The Balaban J connectivity index is 1.40. The van der Waals surface area contributed by atoms with Crippen molar-refractivity contribution >= 4 is 24.2 Å². The molecule has 28 heavy (non-hydrogen) atoms. The predicted octanol–water partition coefficient (Wildman–Crippen LogP) is 2.56. The zero-order chi connectivity index (χ0) is 19.3. The third-order valence-electron chi connectivity index (χ3n) is 5.00. The molecule has 0 spiro atoms. The monoisotopic (exact) mass is 400 g/mol. The molecule has 0 aliphatic carbocycles. The summed E-state index contributed by atoms with van der Waals surface area (Å²) in [5.74, 6) is 0.868. The SMILES string of the molecule is O=[PH](O)c1cccc(Cc2cc3cc(OCCN4CCOCC4)ccc3[nH]2)c1. The molecule has 1 saturated heterocycles. The molecule has 1 fully saturated rings. The van der Waals surface area contributed by atoms with Crippen LogP contribution < -0.4 is 10.0 Å². The summed E-state index contributed by atoms with van der Waals surface area (Å²) in [6, 6.07) is 15.5. The van der Waals surface area contributed by atoms with Crippen LogP contribution in [0.3, 0.4) is 0 Å². The van der Waals surface area contributed by atoms with Gasteiger partial charge in [-0.2, -0.15) is 0 Å². The molecule has 4 rings (SSSR count). The van der Waals surface area contributed by atoms with Gasteiger partial charge in [0.2, 0.25) is 8.03 Å². The first-order valence-electron chi connectivity index (χ1n) is 9.54. The normalized spacial score (nSPS) is 16.3. The summed E-state index contributed by atoms with van der Waals surface area (Å²) in [5, 5.41) is 1.60. The van der Waals surface area contributed by atoms with Crippen molar-refractivity contribution in [2.24, 2.45) is 0 Å². The Labute approximate surface area is 165 Å². The van der Waals surface area contributed by atoms with E-state index in [1.165, 1.54) is 0 Å². The highest BCUT2D eigenvalue weighted by molar-refractivity contribution is 7.47. The molecular formula is C21H25N2O4P. The molecule has 1 aromatic heterocycles. The number of fused-ring (bicyclic) bond motifs is 1. The number of ether oxygens (including phenoxy) is 2. The van der Waals surface area contributed by atoms with Crippen LogP contribution in [0.25, 0.3) is 10.9 Å². The van der Waals surface area contributed by atoms with Gasteiger partial charge in [0, 0.05) is 48.0 Å². The molecule has 0 saturated carbocycles. The Morgan fingerprint density at radius 2 is 2.00 bits per heavy atom. The van der Waals surface area contributed by atoms with Crippen LogP contribution in [-0.2, 0) is 15.7 Å².